The van der Waals surface area contributed by atoms with Crippen molar-refractivity contribution in [1.29, 1.82) is 0 Å². The van der Waals surface area contributed by atoms with Crippen molar-refractivity contribution in [2.75, 3.05) is 0 Å². The summed E-state index contributed by atoms with van der Waals surface area (Å²) in [5.74, 6) is 1.76. The summed E-state index contributed by atoms with van der Waals surface area (Å²) in [5, 5.41) is 1.95. The zero-order valence-electron chi connectivity index (χ0n) is 34.4. The number of nitrogens with zero attached hydrogens (tertiary/aromatic N) is 3. The molecule has 8 aromatic carbocycles. The lowest BCUT2D eigenvalue weighted by Gasteiger charge is -2.10. The molecule has 0 N–H and O–H groups in total. The van der Waals surface area contributed by atoms with Gasteiger partial charge in [-0.25, -0.2) is 15.0 Å². The molecule has 258 valence electrons. The SMILES string of the molecule is [2H]c1c([2H])c([2H])c(-c2ccc(-c3ccc(-c4ccc5c(c4)oc4ccc(-c6nc(-c7ccccc7)nc(-c7cccc(-c8ccccc8)c7)n6)cc45)cc3)cc2)c([2H])c1[2H]. The summed E-state index contributed by atoms with van der Waals surface area (Å²) in [7, 11) is 0. The third-order valence-corrected chi connectivity index (χ3v) is 9.85. The lowest BCUT2D eigenvalue weighted by molar-refractivity contribution is 0.669. The molecule has 0 saturated carbocycles. The van der Waals surface area contributed by atoms with Gasteiger partial charge in [-0.1, -0.05) is 164 Å². The van der Waals surface area contributed by atoms with Crippen LogP contribution in [0, 0.1) is 0 Å². The molecule has 55 heavy (non-hydrogen) atoms. The van der Waals surface area contributed by atoms with Crippen molar-refractivity contribution in [3.05, 3.63) is 200 Å². The van der Waals surface area contributed by atoms with E-state index in [1.165, 1.54) is 0 Å². The fourth-order valence-electron chi connectivity index (χ4n) is 6.99. The summed E-state index contributed by atoms with van der Waals surface area (Å²) in [4.78, 5) is 15.0. The standard InChI is InChI=1S/C51H33N3O/c1-4-11-34(12-5-1)36-19-21-37(22-20-36)38-23-25-39(26-24-38)42-27-29-45-46-32-44(28-30-47(46)55-48(45)33-42)51-53-49(40-15-8-3-9-16-40)52-50(54-51)43-18-10-17-41(31-43)35-13-6-2-7-14-35/h1-33H/i1D,4D,5D,11D,12D. The fourth-order valence-corrected chi connectivity index (χ4v) is 6.99. The van der Waals surface area contributed by atoms with Crippen molar-refractivity contribution < 1.29 is 11.3 Å². The van der Waals surface area contributed by atoms with Crippen molar-refractivity contribution >= 4 is 21.9 Å². The van der Waals surface area contributed by atoms with Crippen molar-refractivity contribution in [2.45, 2.75) is 0 Å². The van der Waals surface area contributed by atoms with E-state index in [0.29, 0.717) is 23.0 Å². The van der Waals surface area contributed by atoms with E-state index < -0.39 is 6.04 Å². The van der Waals surface area contributed by atoms with Crippen LogP contribution in [0.15, 0.2) is 204 Å². The highest BCUT2D eigenvalue weighted by molar-refractivity contribution is 6.07. The average Bonchev–Trinajstić information content (AvgIpc) is 3.68. The van der Waals surface area contributed by atoms with E-state index >= 15 is 0 Å². The second-order valence-corrected chi connectivity index (χ2v) is 13.3. The van der Waals surface area contributed by atoms with E-state index in [0.717, 1.165) is 72.0 Å². The van der Waals surface area contributed by atoms with Crippen molar-refractivity contribution in [1.82, 2.24) is 15.0 Å². The molecule has 0 spiro atoms. The van der Waals surface area contributed by atoms with Gasteiger partial charge in [-0.15, -0.1) is 0 Å². The average molecular weight is 709 g/mol. The minimum Gasteiger partial charge on any atom is -0.456 e. The predicted molar refractivity (Wildman–Crippen MR) is 225 cm³/mol. The van der Waals surface area contributed by atoms with Crippen LogP contribution in [0.3, 0.4) is 0 Å². The smallest absolute Gasteiger partial charge is 0.164 e. The maximum atomic E-state index is 8.33. The zero-order valence-corrected chi connectivity index (χ0v) is 29.4. The van der Waals surface area contributed by atoms with Crippen LogP contribution in [0.4, 0.5) is 0 Å². The number of benzene rings is 8. The number of furan rings is 1. The summed E-state index contributed by atoms with van der Waals surface area (Å²) < 4.78 is 47.0. The molecular formula is C51H33N3O. The van der Waals surface area contributed by atoms with Crippen LogP contribution in [-0.2, 0) is 0 Å². The molecule has 0 fully saturated rings. The van der Waals surface area contributed by atoms with E-state index in [1.807, 2.05) is 84.9 Å². The van der Waals surface area contributed by atoms with Gasteiger partial charge in [-0.2, -0.15) is 0 Å². The number of hydrogen-bond donors (Lipinski definition) is 0. The molecule has 0 aliphatic rings. The molecule has 0 radical (unpaired) electrons. The van der Waals surface area contributed by atoms with Gasteiger partial charge in [0.05, 0.1) is 6.85 Å². The van der Waals surface area contributed by atoms with Crippen molar-refractivity contribution in [3.63, 3.8) is 0 Å². The Bertz CT molecular complexity index is 3210. The maximum Gasteiger partial charge on any atom is 0.164 e. The van der Waals surface area contributed by atoms with Gasteiger partial charge in [-0.05, 0) is 80.9 Å². The van der Waals surface area contributed by atoms with Crippen LogP contribution >= 0.6 is 0 Å². The van der Waals surface area contributed by atoms with Gasteiger partial charge in [0, 0.05) is 27.5 Å². The fraction of sp³-hybridized carbons (Fsp3) is 0. The quantitative estimate of drug-likeness (QED) is 0.165. The van der Waals surface area contributed by atoms with Gasteiger partial charge in [0.15, 0.2) is 17.5 Å². The Kier molecular flexibility index (Phi) is 6.85. The highest BCUT2D eigenvalue weighted by Crippen LogP contribution is 2.36. The topological polar surface area (TPSA) is 51.8 Å². The van der Waals surface area contributed by atoms with Crippen molar-refractivity contribution in [2.24, 2.45) is 0 Å². The summed E-state index contributed by atoms with van der Waals surface area (Å²) >= 11 is 0. The van der Waals surface area contributed by atoms with E-state index in [2.05, 4.69) is 72.8 Å². The number of hydrogen-bond acceptors (Lipinski definition) is 4. The Morgan fingerprint density at radius 2 is 0.764 bits per heavy atom. The van der Waals surface area contributed by atoms with E-state index in [-0.39, 0.29) is 29.7 Å². The second-order valence-electron chi connectivity index (χ2n) is 13.3. The minimum absolute atomic E-state index is 0.193. The Labute approximate surface area is 326 Å². The summed E-state index contributed by atoms with van der Waals surface area (Å²) in [5.41, 5.74) is 11.1. The molecule has 4 heteroatoms. The van der Waals surface area contributed by atoms with Crippen LogP contribution in [0.1, 0.15) is 6.85 Å². The zero-order chi connectivity index (χ0) is 40.9. The van der Waals surface area contributed by atoms with Gasteiger partial charge < -0.3 is 4.42 Å². The molecule has 10 aromatic rings. The summed E-state index contributed by atoms with van der Waals surface area (Å²) in [6, 6.07) is 55.0. The van der Waals surface area contributed by atoms with E-state index in [1.54, 1.807) is 12.1 Å². The summed E-state index contributed by atoms with van der Waals surface area (Å²) in [6.45, 7) is 0. The number of aromatic nitrogens is 3. The van der Waals surface area contributed by atoms with Gasteiger partial charge >= 0.3 is 0 Å². The monoisotopic (exact) mass is 708 g/mol. The van der Waals surface area contributed by atoms with Crippen LogP contribution in [0.2, 0.25) is 0 Å². The molecule has 0 amide bonds. The van der Waals surface area contributed by atoms with Gasteiger partial charge in [0.1, 0.15) is 11.2 Å². The maximum absolute atomic E-state index is 8.33. The lowest BCUT2D eigenvalue weighted by atomic mass is 9.97. The van der Waals surface area contributed by atoms with Gasteiger partial charge in [0.25, 0.3) is 0 Å². The second kappa shape index (κ2) is 13.8. The van der Waals surface area contributed by atoms with Crippen LogP contribution < -0.4 is 0 Å². The lowest BCUT2D eigenvalue weighted by Crippen LogP contribution is -2.00. The van der Waals surface area contributed by atoms with Crippen LogP contribution in [0.25, 0.3) is 101 Å². The Balaban J connectivity index is 0.959. The highest BCUT2D eigenvalue weighted by Gasteiger charge is 2.16. The molecule has 0 saturated heterocycles. The first-order valence-corrected chi connectivity index (χ1v) is 18.0. The first-order valence-electron chi connectivity index (χ1n) is 20.5. The van der Waals surface area contributed by atoms with Crippen LogP contribution in [-0.4, -0.2) is 15.0 Å². The number of fused-ring (bicyclic) bond motifs is 3. The molecule has 2 heterocycles. The molecule has 0 bridgehead atoms. The highest BCUT2D eigenvalue weighted by atomic mass is 16.3. The van der Waals surface area contributed by atoms with Crippen LogP contribution in [0.5, 0.6) is 0 Å². The molecule has 4 nitrogen and oxygen atoms in total. The third kappa shape index (κ3) is 6.36. The first-order chi connectivity index (χ1) is 29.3. The normalized spacial score (nSPS) is 12.5. The molecule has 10 rings (SSSR count). The molecule has 2 aromatic heterocycles. The van der Waals surface area contributed by atoms with Gasteiger partial charge in [0.2, 0.25) is 0 Å². The van der Waals surface area contributed by atoms with E-state index in [4.69, 9.17) is 26.2 Å². The molecular weight excluding hydrogens is 671 g/mol. The predicted octanol–water partition coefficient (Wildman–Crippen LogP) is 13.4. The Morgan fingerprint density at radius 3 is 1.42 bits per heavy atom. The third-order valence-electron chi connectivity index (χ3n) is 9.85. The molecule has 0 atom stereocenters. The molecule has 0 aliphatic carbocycles. The van der Waals surface area contributed by atoms with Crippen molar-refractivity contribution in [3.8, 4) is 78.7 Å². The van der Waals surface area contributed by atoms with Gasteiger partial charge in [-0.3, -0.25) is 0 Å². The number of rotatable bonds is 7. The molecule has 0 unspecified atom stereocenters. The Hall–Kier alpha value is -7.43. The minimum atomic E-state index is -0.399. The molecule has 0 aliphatic heterocycles. The summed E-state index contributed by atoms with van der Waals surface area (Å²) in [6.07, 6.45) is 0. The first kappa shape index (κ1) is 27.2. The van der Waals surface area contributed by atoms with E-state index in [9.17, 15) is 0 Å². The Morgan fingerprint density at radius 1 is 0.309 bits per heavy atom. The largest absolute Gasteiger partial charge is 0.456 e.